The zero-order valence-corrected chi connectivity index (χ0v) is 11.9. The number of hydrogen-bond acceptors (Lipinski definition) is 4. The Bertz CT molecular complexity index is 608. The topological polar surface area (TPSA) is 66.9 Å². The molecule has 0 atom stereocenters. The summed E-state index contributed by atoms with van der Waals surface area (Å²) in [5.74, 6) is 0.402. The van der Waals surface area contributed by atoms with Gasteiger partial charge in [-0.2, -0.15) is 0 Å². The summed E-state index contributed by atoms with van der Waals surface area (Å²) in [4.78, 5) is 20.3. The molecule has 0 saturated carbocycles. The van der Waals surface area contributed by atoms with E-state index in [-0.39, 0.29) is 5.91 Å². The fourth-order valence-electron chi connectivity index (χ4n) is 1.73. The lowest BCUT2D eigenvalue weighted by molar-refractivity contribution is 0.102. The van der Waals surface area contributed by atoms with Crippen molar-refractivity contribution in [2.24, 2.45) is 0 Å². The highest BCUT2D eigenvalue weighted by atomic mass is 16.1. The molecule has 1 amide bonds. The molecule has 2 aromatic rings. The maximum absolute atomic E-state index is 12.0. The molecule has 104 valence electrons. The summed E-state index contributed by atoms with van der Waals surface area (Å²) >= 11 is 0. The van der Waals surface area contributed by atoms with E-state index in [1.165, 1.54) is 11.8 Å². The van der Waals surface area contributed by atoms with Crippen LogP contribution >= 0.6 is 0 Å². The van der Waals surface area contributed by atoms with Crippen molar-refractivity contribution in [2.45, 2.75) is 20.8 Å². The van der Waals surface area contributed by atoms with Gasteiger partial charge in [0.25, 0.3) is 5.91 Å². The fourth-order valence-corrected chi connectivity index (χ4v) is 1.73. The highest BCUT2D eigenvalue weighted by molar-refractivity contribution is 6.02. The molecular weight excluding hydrogens is 252 g/mol. The van der Waals surface area contributed by atoms with Crippen molar-refractivity contribution < 1.29 is 4.79 Å². The third kappa shape index (κ3) is 3.32. The molecule has 1 aromatic heterocycles. The zero-order valence-electron chi connectivity index (χ0n) is 11.9. The summed E-state index contributed by atoms with van der Waals surface area (Å²) in [6, 6.07) is 5.79. The monoisotopic (exact) mass is 270 g/mol. The average Bonchev–Trinajstić information content (AvgIpc) is 2.44. The Hall–Kier alpha value is -2.43. The van der Waals surface area contributed by atoms with E-state index in [1.807, 2.05) is 39.0 Å². The van der Waals surface area contributed by atoms with Gasteiger partial charge in [-0.1, -0.05) is 6.07 Å². The van der Waals surface area contributed by atoms with Crippen molar-refractivity contribution in [1.82, 2.24) is 9.97 Å². The minimum Gasteiger partial charge on any atom is -0.369 e. The van der Waals surface area contributed by atoms with Crippen molar-refractivity contribution in [1.29, 1.82) is 0 Å². The van der Waals surface area contributed by atoms with Crippen LogP contribution in [0.1, 0.15) is 28.5 Å². The lowest BCUT2D eigenvalue weighted by Gasteiger charge is -2.07. The number of hydrogen-bond donors (Lipinski definition) is 2. The van der Waals surface area contributed by atoms with Gasteiger partial charge in [-0.3, -0.25) is 4.79 Å². The van der Waals surface area contributed by atoms with Gasteiger partial charge in [0.1, 0.15) is 11.5 Å². The van der Waals surface area contributed by atoms with Crippen molar-refractivity contribution in [3.8, 4) is 0 Å². The van der Waals surface area contributed by atoms with Gasteiger partial charge in [0.05, 0.1) is 12.4 Å². The van der Waals surface area contributed by atoms with Gasteiger partial charge in [-0.15, -0.1) is 0 Å². The molecular formula is C15H18N4O. The number of carbonyl (C=O) groups is 1. The summed E-state index contributed by atoms with van der Waals surface area (Å²) in [6.45, 7) is 6.78. The first-order valence-electron chi connectivity index (χ1n) is 6.54. The Morgan fingerprint density at radius 2 is 1.95 bits per heavy atom. The Labute approximate surface area is 118 Å². The van der Waals surface area contributed by atoms with E-state index in [0.717, 1.165) is 17.8 Å². The van der Waals surface area contributed by atoms with E-state index in [4.69, 9.17) is 0 Å². The van der Waals surface area contributed by atoms with Crippen LogP contribution in [-0.2, 0) is 0 Å². The van der Waals surface area contributed by atoms with Gasteiger partial charge in [0, 0.05) is 12.2 Å². The lowest BCUT2D eigenvalue weighted by atomic mass is 10.1. The maximum Gasteiger partial charge on any atom is 0.275 e. The van der Waals surface area contributed by atoms with Crippen LogP contribution in [0.15, 0.2) is 30.6 Å². The second-order valence-corrected chi connectivity index (χ2v) is 4.57. The summed E-state index contributed by atoms with van der Waals surface area (Å²) in [7, 11) is 0. The molecule has 2 rings (SSSR count). The molecule has 5 heteroatoms. The first-order valence-corrected chi connectivity index (χ1v) is 6.54. The van der Waals surface area contributed by atoms with Crippen molar-refractivity contribution >= 4 is 17.4 Å². The van der Waals surface area contributed by atoms with Gasteiger partial charge in [0.2, 0.25) is 0 Å². The van der Waals surface area contributed by atoms with Crippen LogP contribution in [-0.4, -0.2) is 22.4 Å². The summed E-state index contributed by atoms with van der Waals surface area (Å²) in [6.07, 6.45) is 3.02. The Balaban J connectivity index is 2.09. The molecule has 1 aromatic carbocycles. The molecule has 2 N–H and O–H groups in total. The predicted molar refractivity (Wildman–Crippen MR) is 80.1 cm³/mol. The molecule has 0 fully saturated rings. The van der Waals surface area contributed by atoms with Crippen LogP contribution in [0.25, 0.3) is 0 Å². The quantitative estimate of drug-likeness (QED) is 0.896. The molecule has 0 unspecified atom stereocenters. The van der Waals surface area contributed by atoms with E-state index in [0.29, 0.717) is 11.5 Å². The number of benzene rings is 1. The van der Waals surface area contributed by atoms with Crippen LogP contribution in [0, 0.1) is 13.8 Å². The van der Waals surface area contributed by atoms with Crippen LogP contribution in [0.5, 0.6) is 0 Å². The van der Waals surface area contributed by atoms with Gasteiger partial charge >= 0.3 is 0 Å². The first kappa shape index (κ1) is 14.0. The summed E-state index contributed by atoms with van der Waals surface area (Å²) in [5, 5.41) is 5.85. The molecule has 5 nitrogen and oxygen atoms in total. The number of aromatic nitrogens is 2. The molecule has 0 radical (unpaired) electrons. The number of nitrogens with one attached hydrogen (secondary N) is 2. The van der Waals surface area contributed by atoms with Crippen molar-refractivity contribution in [2.75, 3.05) is 17.2 Å². The fraction of sp³-hybridized carbons (Fsp3) is 0.267. The largest absolute Gasteiger partial charge is 0.369 e. The number of carbonyl (C=O) groups excluding carboxylic acids is 1. The minimum atomic E-state index is -0.260. The molecule has 0 aliphatic rings. The van der Waals surface area contributed by atoms with Crippen LogP contribution < -0.4 is 10.6 Å². The Kier molecular flexibility index (Phi) is 4.30. The molecule has 0 bridgehead atoms. The van der Waals surface area contributed by atoms with Gasteiger partial charge in [-0.25, -0.2) is 9.97 Å². The standard InChI is InChI=1S/C15H18N4O/c1-4-16-14-9-17-13(8-18-14)15(20)19-12-6-5-10(2)11(3)7-12/h5-9H,4H2,1-3H3,(H,16,18)(H,19,20). The molecule has 0 aliphatic heterocycles. The second kappa shape index (κ2) is 6.14. The normalized spacial score (nSPS) is 10.2. The third-order valence-corrected chi connectivity index (χ3v) is 3.01. The molecule has 1 heterocycles. The lowest BCUT2D eigenvalue weighted by Crippen LogP contribution is -2.14. The number of aryl methyl sites for hydroxylation is 2. The van der Waals surface area contributed by atoms with Gasteiger partial charge in [-0.05, 0) is 44.0 Å². The molecule has 20 heavy (non-hydrogen) atoms. The molecule has 0 aliphatic carbocycles. The first-order chi connectivity index (χ1) is 9.60. The number of amides is 1. The van der Waals surface area contributed by atoms with E-state index in [2.05, 4.69) is 20.6 Å². The van der Waals surface area contributed by atoms with Crippen molar-refractivity contribution in [3.63, 3.8) is 0 Å². The minimum absolute atomic E-state index is 0.260. The summed E-state index contributed by atoms with van der Waals surface area (Å²) < 4.78 is 0. The van der Waals surface area contributed by atoms with Gasteiger partial charge in [0.15, 0.2) is 0 Å². The third-order valence-electron chi connectivity index (χ3n) is 3.01. The number of rotatable bonds is 4. The Morgan fingerprint density at radius 3 is 2.55 bits per heavy atom. The smallest absolute Gasteiger partial charge is 0.275 e. The van der Waals surface area contributed by atoms with E-state index >= 15 is 0 Å². The molecule has 0 spiro atoms. The zero-order chi connectivity index (χ0) is 14.5. The second-order valence-electron chi connectivity index (χ2n) is 4.57. The van der Waals surface area contributed by atoms with E-state index in [1.54, 1.807) is 6.20 Å². The van der Waals surface area contributed by atoms with Crippen LogP contribution in [0.3, 0.4) is 0 Å². The van der Waals surface area contributed by atoms with Crippen LogP contribution in [0.2, 0.25) is 0 Å². The molecule has 0 saturated heterocycles. The van der Waals surface area contributed by atoms with Crippen LogP contribution in [0.4, 0.5) is 11.5 Å². The van der Waals surface area contributed by atoms with Gasteiger partial charge < -0.3 is 10.6 Å². The SMILES string of the molecule is CCNc1cnc(C(=O)Nc2ccc(C)c(C)c2)cn1. The highest BCUT2D eigenvalue weighted by Gasteiger charge is 2.08. The number of anilines is 2. The number of nitrogens with zero attached hydrogens (tertiary/aromatic N) is 2. The van der Waals surface area contributed by atoms with E-state index < -0.39 is 0 Å². The predicted octanol–water partition coefficient (Wildman–Crippen LogP) is 2.78. The highest BCUT2D eigenvalue weighted by Crippen LogP contribution is 2.14. The van der Waals surface area contributed by atoms with Crippen molar-refractivity contribution in [3.05, 3.63) is 47.4 Å². The van der Waals surface area contributed by atoms with E-state index in [9.17, 15) is 4.79 Å². The summed E-state index contributed by atoms with van der Waals surface area (Å²) in [5.41, 5.74) is 3.38. The average molecular weight is 270 g/mol. The maximum atomic E-state index is 12.0. The Morgan fingerprint density at radius 1 is 1.15 bits per heavy atom.